The fraction of sp³-hybridized carbons (Fsp3) is 0.294. The van der Waals surface area contributed by atoms with Gasteiger partial charge in [-0.25, -0.2) is 9.67 Å². The number of rotatable bonds is 3. The van der Waals surface area contributed by atoms with Crippen LogP contribution in [-0.2, 0) is 9.59 Å². The summed E-state index contributed by atoms with van der Waals surface area (Å²) in [6.45, 7) is 7.23. The number of aryl methyl sites for hydroxylation is 1. The van der Waals surface area contributed by atoms with Crippen molar-refractivity contribution in [2.24, 2.45) is 5.41 Å². The molecule has 0 fully saturated rings. The van der Waals surface area contributed by atoms with Crippen molar-refractivity contribution < 1.29 is 9.59 Å². The lowest BCUT2D eigenvalue weighted by atomic mass is 9.96. The van der Waals surface area contributed by atoms with Crippen LogP contribution in [0.2, 0.25) is 0 Å². The molecule has 0 unspecified atom stereocenters. The number of hydrazine groups is 1. The van der Waals surface area contributed by atoms with Gasteiger partial charge >= 0.3 is 0 Å². The maximum absolute atomic E-state index is 11.7. The van der Waals surface area contributed by atoms with E-state index < -0.39 is 11.3 Å². The molecule has 0 spiro atoms. The lowest BCUT2D eigenvalue weighted by molar-refractivity contribution is -0.132. The predicted octanol–water partition coefficient (Wildman–Crippen LogP) is 2.21. The zero-order valence-electron chi connectivity index (χ0n) is 14.6. The van der Waals surface area contributed by atoms with Crippen LogP contribution in [0.4, 0.5) is 0 Å². The predicted molar refractivity (Wildman–Crippen MR) is 98.5 cm³/mol. The first-order valence-corrected chi connectivity index (χ1v) is 8.10. The van der Waals surface area contributed by atoms with Crippen LogP contribution >= 0.6 is 12.6 Å². The van der Waals surface area contributed by atoms with Gasteiger partial charge in [0.05, 0.1) is 0 Å². The van der Waals surface area contributed by atoms with Crippen molar-refractivity contribution >= 4 is 30.6 Å². The normalized spacial score (nSPS) is 11.6. The number of hydrogen-bond donors (Lipinski definition) is 3. The maximum Gasteiger partial charge on any atom is 0.263 e. The Morgan fingerprint density at radius 2 is 1.92 bits per heavy atom. The summed E-state index contributed by atoms with van der Waals surface area (Å²) in [6, 6.07) is 5.77. The minimum atomic E-state index is -0.586. The number of hydrogen-bond acceptors (Lipinski definition) is 5. The van der Waals surface area contributed by atoms with E-state index in [0.717, 1.165) is 16.0 Å². The van der Waals surface area contributed by atoms with Crippen LogP contribution in [0.15, 0.2) is 35.5 Å². The van der Waals surface area contributed by atoms with E-state index in [9.17, 15) is 9.59 Å². The van der Waals surface area contributed by atoms with Crippen LogP contribution in [0.1, 0.15) is 26.3 Å². The standard InChI is InChI=1S/C17H21N5O2S/c1-11-7-12(9-13(25)8-11)15-18-10-22(21-15)6-5-14(23)19-20-16(24)17(2,3)4/h5-10,25H,1-4H3,(H,19,23)(H,20,24)/b6-5-. The molecule has 2 rings (SSSR count). The lowest BCUT2D eigenvalue weighted by Gasteiger charge is -2.17. The molecule has 0 saturated carbocycles. The van der Waals surface area contributed by atoms with Crippen LogP contribution in [0.25, 0.3) is 17.6 Å². The molecule has 0 atom stereocenters. The first kappa shape index (κ1) is 18.7. The highest BCUT2D eigenvalue weighted by Crippen LogP contribution is 2.20. The van der Waals surface area contributed by atoms with Crippen molar-refractivity contribution in [2.45, 2.75) is 32.6 Å². The topological polar surface area (TPSA) is 88.9 Å². The maximum atomic E-state index is 11.7. The number of carbonyl (C=O) groups is 2. The Bertz CT molecular complexity index is 800. The van der Waals surface area contributed by atoms with Gasteiger partial charge in [0.2, 0.25) is 5.91 Å². The van der Waals surface area contributed by atoms with E-state index in [1.165, 1.54) is 23.3 Å². The smallest absolute Gasteiger partial charge is 0.263 e. The fourth-order valence-electron chi connectivity index (χ4n) is 1.86. The molecular weight excluding hydrogens is 338 g/mol. The highest BCUT2D eigenvalue weighted by atomic mass is 32.1. The van der Waals surface area contributed by atoms with Crippen molar-refractivity contribution in [3.63, 3.8) is 0 Å². The molecule has 25 heavy (non-hydrogen) atoms. The van der Waals surface area contributed by atoms with Crippen molar-refractivity contribution in [3.05, 3.63) is 36.2 Å². The molecule has 1 heterocycles. The molecule has 8 heteroatoms. The second-order valence-electron chi connectivity index (χ2n) is 6.61. The highest BCUT2D eigenvalue weighted by molar-refractivity contribution is 7.80. The number of amides is 2. The summed E-state index contributed by atoms with van der Waals surface area (Å²) >= 11 is 4.35. The third kappa shape index (κ3) is 5.46. The third-order valence-electron chi connectivity index (χ3n) is 3.19. The molecule has 0 aliphatic heterocycles. The Kier molecular flexibility index (Phi) is 5.63. The molecular formula is C17H21N5O2S. The molecule has 0 aliphatic rings. The molecule has 0 bridgehead atoms. The van der Waals surface area contributed by atoms with E-state index in [0.29, 0.717) is 5.82 Å². The van der Waals surface area contributed by atoms with Gasteiger partial charge in [-0.15, -0.1) is 17.7 Å². The van der Waals surface area contributed by atoms with Gasteiger partial charge in [-0.2, -0.15) is 0 Å². The number of nitrogens with one attached hydrogen (secondary N) is 2. The first-order valence-electron chi connectivity index (χ1n) is 7.66. The molecule has 0 aliphatic carbocycles. The van der Waals surface area contributed by atoms with Gasteiger partial charge < -0.3 is 0 Å². The van der Waals surface area contributed by atoms with E-state index in [-0.39, 0.29) is 5.91 Å². The van der Waals surface area contributed by atoms with Crippen molar-refractivity contribution in [2.75, 3.05) is 0 Å². The van der Waals surface area contributed by atoms with E-state index in [4.69, 9.17) is 0 Å². The molecule has 1 aromatic heterocycles. The zero-order chi connectivity index (χ0) is 18.6. The van der Waals surface area contributed by atoms with Gasteiger partial charge in [-0.1, -0.05) is 20.8 Å². The second-order valence-corrected chi connectivity index (χ2v) is 7.13. The molecule has 132 valence electrons. The first-order chi connectivity index (χ1) is 11.6. The Hall–Kier alpha value is -2.61. The summed E-state index contributed by atoms with van der Waals surface area (Å²) in [7, 11) is 0. The zero-order valence-corrected chi connectivity index (χ0v) is 15.5. The van der Waals surface area contributed by atoms with Crippen molar-refractivity contribution in [1.29, 1.82) is 0 Å². The lowest BCUT2D eigenvalue weighted by Crippen LogP contribution is -2.46. The number of benzene rings is 1. The third-order valence-corrected chi connectivity index (χ3v) is 3.45. The van der Waals surface area contributed by atoms with Gasteiger partial charge in [0.25, 0.3) is 5.91 Å². The van der Waals surface area contributed by atoms with Gasteiger partial charge in [-0.05, 0) is 30.7 Å². The summed E-state index contributed by atoms with van der Waals surface area (Å²) in [5.74, 6) is -0.216. The van der Waals surface area contributed by atoms with Crippen molar-refractivity contribution in [1.82, 2.24) is 25.6 Å². The van der Waals surface area contributed by atoms with Gasteiger partial charge in [0.1, 0.15) is 6.33 Å². The SMILES string of the molecule is Cc1cc(S)cc(-c2ncn(/C=C\C(=O)NNC(=O)C(C)(C)C)n2)c1. The van der Waals surface area contributed by atoms with Gasteiger partial charge in [-0.3, -0.25) is 20.4 Å². The van der Waals surface area contributed by atoms with Gasteiger partial charge in [0.15, 0.2) is 5.82 Å². The molecule has 7 nitrogen and oxygen atoms in total. The van der Waals surface area contributed by atoms with Crippen LogP contribution in [0.5, 0.6) is 0 Å². The van der Waals surface area contributed by atoms with E-state index in [1.54, 1.807) is 20.8 Å². The van der Waals surface area contributed by atoms with E-state index in [1.807, 2.05) is 25.1 Å². The number of aromatic nitrogens is 3. The summed E-state index contributed by atoms with van der Waals surface area (Å²) in [4.78, 5) is 28.5. The molecule has 1 aromatic carbocycles. The molecule has 0 radical (unpaired) electrons. The Labute approximate surface area is 151 Å². The van der Waals surface area contributed by atoms with Crippen LogP contribution in [-0.4, -0.2) is 26.6 Å². The van der Waals surface area contributed by atoms with E-state index >= 15 is 0 Å². The van der Waals surface area contributed by atoms with Crippen LogP contribution < -0.4 is 10.9 Å². The number of thiol groups is 1. The second kappa shape index (κ2) is 7.52. The summed E-state index contributed by atoms with van der Waals surface area (Å²) < 4.78 is 1.42. The Morgan fingerprint density at radius 1 is 1.20 bits per heavy atom. The molecule has 2 amide bonds. The van der Waals surface area contributed by atoms with Crippen LogP contribution in [0.3, 0.4) is 0 Å². The fourth-order valence-corrected chi connectivity index (χ4v) is 2.21. The minimum absolute atomic E-state index is 0.278. The Morgan fingerprint density at radius 3 is 2.56 bits per heavy atom. The monoisotopic (exact) mass is 359 g/mol. The average molecular weight is 359 g/mol. The van der Waals surface area contributed by atoms with Crippen LogP contribution in [0, 0.1) is 12.3 Å². The molecule has 0 saturated heterocycles. The summed E-state index contributed by atoms with van der Waals surface area (Å²) in [5.41, 5.74) is 5.99. The summed E-state index contributed by atoms with van der Waals surface area (Å²) in [5, 5.41) is 4.29. The highest BCUT2D eigenvalue weighted by Gasteiger charge is 2.21. The summed E-state index contributed by atoms with van der Waals surface area (Å²) in [6.07, 6.45) is 4.20. The minimum Gasteiger partial charge on any atom is -0.273 e. The molecule has 2 N–H and O–H groups in total. The van der Waals surface area contributed by atoms with E-state index in [2.05, 4.69) is 33.6 Å². The number of carbonyl (C=O) groups excluding carboxylic acids is 2. The number of nitrogens with zero attached hydrogens (tertiary/aromatic N) is 3. The Balaban J connectivity index is 1.99. The van der Waals surface area contributed by atoms with Crippen molar-refractivity contribution in [3.8, 4) is 11.4 Å². The van der Waals surface area contributed by atoms with Gasteiger partial charge in [0, 0.05) is 28.1 Å². The quantitative estimate of drug-likeness (QED) is 0.445. The average Bonchev–Trinajstić information content (AvgIpc) is 2.97. The largest absolute Gasteiger partial charge is 0.273 e. The molecule has 2 aromatic rings.